The lowest BCUT2D eigenvalue weighted by atomic mass is 9.95. The number of rotatable bonds is 3. The van der Waals surface area contributed by atoms with Gasteiger partial charge in [-0.25, -0.2) is 4.39 Å². The monoisotopic (exact) mass is 407 g/mol. The smallest absolute Gasteiger partial charge is 0.229 e. The van der Waals surface area contributed by atoms with Crippen molar-refractivity contribution in [1.82, 2.24) is 20.1 Å². The van der Waals surface area contributed by atoms with Gasteiger partial charge >= 0.3 is 0 Å². The number of anilines is 1. The molecule has 1 amide bonds. The van der Waals surface area contributed by atoms with Crippen LogP contribution in [0.15, 0.2) is 48.8 Å². The summed E-state index contributed by atoms with van der Waals surface area (Å²) in [5.74, 6) is 0.976. The quantitative estimate of drug-likeness (QED) is 0.722. The van der Waals surface area contributed by atoms with Crippen molar-refractivity contribution >= 4 is 11.7 Å². The molecule has 0 aliphatic carbocycles. The fourth-order valence-corrected chi connectivity index (χ4v) is 4.06. The summed E-state index contributed by atoms with van der Waals surface area (Å²) >= 11 is 0. The first-order valence-electron chi connectivity index (χ1n) is 10.1. The lowest BCUT2D eigenvalue weighted by Gasteiger charge is -2.37. The number of benzene rings is 1. The maximum absolute atomic E-state index is 13.3. The Balaban J connectivity index is 1.20. The number of fused-ring (bicyclic) bond motifs is 1. The molecule has 1 unspecified atom stereocenters. The highest BCUT2D eigenvalue weighted by Gasteiger charge is 2.31. The van der Waals surface area contributed by atoms with Crippen molar-refractivity contribution in [2.75, 3.05) is 37.7 Å². The zero-order valence-electron chi connectivity index (χ0n) is 16.4. The molecule has 0 radical (unpaired) electrons. The number of carbonyl (C=O) groups excluding carboxylic acids is 1. The van der Waals surface area contributed by atoms with Crippen molar-refractivity contribution in [3.63, 3.8) is 0 Å². The Kier molecular flexibility index (Phi) is 4.82. The van der Waals surface area contributed by atoms with Gasteiger partial charge in [-0.15, -0.1) is 0 Å². The summed E-state index contributed by atoms with van der Waals surface area (Å²) in [4.78, 5) is 21.2. The van der Waals surface area contributed by atoms with Gasteiger partial charge in [0.15, 0.2) is 5.82 Å². The summed E-state index contributed by atoms with van der Waals surface area (Å²) in [6.07, 6.45) is 4.13. The normalized spacial score (nSPS) is 18.6. The van der Waals surface area contributed by atoms with Crippen LogP contribution < -0.4 is 9.64 Å². The van der Waals surface area contributed by atoms with E-state index in [9.17, 15) is 9.18 Å². The van der Waals surface area contributed by atoms with Crippen molar-refractivity contribution in [1.29, 1.82) is 0 Å². The maximum atomic E-state index is 13.3. The van der Waals surface area contributed by atoms with E-state index in [0.717, 1.165) is 35.7 Å². The zero-order chi connectivity index (χ0) is 20.5. The van der Waals surface area contributed by atoms with E-state index in [1.165, 1.54) is 12.1 Å². The number of halogens is 1. The number of hydrogen-bond donors (Lipinski definition) is 1. The molecule has 2 aliphatic rings. The highest BCUT2D eigenvalue weighted by atomic mass is 19.1. The number of piperazine rings is 1. The first kappa shape index (κ1) is 18.6. The number of nitrogens with one attached hydrogen (secondary N) is 1. The lowest BCUT2D eigenvalue weighted by Crippen LogP contribution is -2.51. The average Bonchev–Trinajstić information content (AvgIpc) is 3.29. The van der Waals surface area contributed by atoms with Crippen LogP contribution in [0.5, 0.6) is 5.75 Å². The van der Waals surface area contributed by atoms with Gasteiger partial charge < -0.3 is 14.5 Å². The molecular weight excluding hydrogens is 385 g/mol. The Labute approximate surface area is 173 Å². The average molecular weight is 407 g/mol. The van der Waals surface area contributed by atoms with Gasteiger partial charge in [0.05, 0.1) is 11.6 Å². The summed E-state index contributed by atoms with van der Waals surface area (Å²) in [7, 11) is 0. The van der Waals surface area contributed by atoms with E-state index in [1.807, 2.05) is 23.1 Å². The molecule has 4 heterocycles. The van der Waals surface area contributed by atoms with Crippen molar-refractivity contribution in [2.45, 2.75) is 6.42 Å². The number of carbonyl (C=O) groups is 1. The van der Waals surface area contributed by atoms with E-state index in [1.54, 1.807) is 18.5 Å². The molecule has 1 fully saturated rings. The molecule has 0 spiro atoms. The van der Waals surface area contributed by atoms with Crippen LogP contribution in [-0.4, -0.2) is 58.8 Å². The number of amides is 1. The van der Waals surface area contributed by atoms with Crippen LogP contribution in [0.4, 0.5) is 10.2 Å². The molecule has 30 heavy (non-hydrogen) atoms. The Hall–Kier alpha value is -3.42. The summed E-state index contributed by atoms with van der Waals surface area (Å²) < 4.78 is 19.0. The molecule has 2 aliphatic heterocycles. The molecule has 7 nitrogen and oxygen atoms in total. The third kappa shape index (κ3) is 3.60. The van der Waals surface area contributed by atoms with Crippen LogP contribution >= 0.6 is 0 Å². The van der Waals surface area contributed by atoms with E-state index in [4.69, 9.17) is 4.74 Å². The zero-order valence-corrected chi connectivity index (χ0v) is 16.4. The molecule has 1 aromatic carbocycles. The molecule has 2 aromatic heterocycles. The van der Waals surface area contributed by atoms with Gasteiger partial charge in [0.2, 0.25) is 5.91 Å². The molecule has 1 atom stereocenters. The second-order valence-electron chi connectivity index (χ2n) is 7.66. The van der Waals surface area contributed by atoms with Gasteiger partial charge in [-0.1, -0.05) is 6.07 Å². The number of aromatic nitrogens is 3. The Morgan fingerprint density at radius 1 is 1.17 bits per heavy atom. The standard InChI is InChI=1S/C22H22FN5O2/c23-18-4-3-15-10-17(14-30-20(15)11-18)22(29)28-8-6-27(7-9-28)21-12-19(25-26-21)16-2-1-5-24-13-16/h1-5,11-13,17H,6-10,14H2,(H,25,26). The first-order chi connectivity index (χ1) is 14.7. The predicted octanol–water partition coefficient (Wildman–Crippen LogP) is 2.51. The SMILES string of the molecule is O=C(C1COc2cc(F)ccc2C1)N1CCN(c2cc(-c3cccnc3)[nH]n2)CC1. The van der Waals surface area contributed by atoms with E-state index >= 15 is 0 Å². The number of aromatic amines is 1. The van der Waals surface area contributed by atoms with Gasteiger partial charge in [0.1, 0.15) is 18.2 Å². The van der Waals surface area contributed by atoms with E-state index in [2.05, 4.69) is 20.1 Å². The number of H-pyrrole nitrogens is 1. The number of ether oxygens (including phenoxy) is 1. The minimum atomic E-state index is -0.320. The largest absolute Gasteiger partial charge is 0.492 e. The Morgan fingerprint density at radius 2 is 2.03 bits per heavy atom. The van der Waals surface area contributed by atoms with Gasteiger partial charge in [0, 0.05) is 56.3 Å². The third-order valence-corrected chi connectivity index (χ3v) is 5.74. The van der Waals surface area contributed by atoms with E-state index < -0.39 is 0 Å². The second kappa shape index (κ2) is 7.78. The summed E-state index contributed by atoms with van der Waals surface area (Å²) in [5, 5.41) is 7.49. The maximum Gasteiger partial charge on any atom is 0.229 e. The van der Waals surface area contributed by atoms with Crippen molar-refractivity contribution < 1.29 is 13.9 Å². The number of hydrogen-bond acceptors (Lipinski definition) is 5. The summed E-state index contributed by atoms with van der Waals surface area (Å²) in [6.45, 7) is 3.02. The molecule has 0 saturated carbocycles. The fraction of sp³-hybridized carbons (Fsp3) is 0.318. The van der Waals surface area contributed by atoms with Crippen molar-refractivity contribution in [3.8, 4) is 17.0 Å². The van der Waals surface area contributed by atoms with E-state index in [0.29, 0.717) is 31.9 Å². The molecule has 154 valence electrons. The number of nitrogens with zero attached hydrogens (tertiary/aromatic N) is 4. The summed E-state index contributed by atoms with van der Waals surface area (Å²) in [6, 6.07) is 10.4. The first-order valence-corrected chi connectivity index (χ1v) is 10.1. The molecule has 0 bridgehead atoms. The molecular formula is C22H22FN5O2. The molecule has 3 aromatic rings. The number of pyridine rings is 1. The van der Waals surface area contributed by atoms with Gasteiger partial charge in [-0.2, -0.15) is 5.10 Å². The van der Waals surface area contributed by atoms with E-state index in [-0.39, 0.29) is 17.6 Å². The van der Waals surface area contributed by atoms with Crippen LogP contribution in [0.2, 0.25) is 0 Å². The molecule has 1 saturated heterocycles. The topological polar surface area (TPSA) is 74.3 Å². The minimum Gasteiger partial charge on any atom is -0.492 e. The van der Waals surface area contributed by atoms with Crippen LogP contribution in [0.25, 0.3) is 11.3 Å². The molecule has 8 heteroatoms. The van der Waals surface area contributed by atoms with Crippen molar-refractivity contribution in [2.24, 2.45) is 5.92 Å². The Bertz CT molecular complexity index is 1050. The highest BCUT2D eigenvalue weighted by Crippen LogP contribution is 2.29. The van der Waals surface area contributed by atoms with Crippen LogP contribution in [-0.2, 0) is 11.2 Å². The van der Waals surface area contributed by atoms with Gasteiger partial charge in [-0.05, 0) is 30.2 Å². The fourth-order valence-electron chi connectivity index (χ4n) is 4.06. The second-order valence-corrected chi connectivity index (χ2v) is 7.66. The van der Waals surface area contributed by atoms with Crippen LogP contribution in [0.1, 0.15) is 5.56 Å². The Morgan fingerprint density at radius 3 is 2.83 bits per heavy atom. The predicted molar refractivity (Wildman–Crippen MR) is 110 cm³/mol. The summed E-state index contributed by atoms with van der Waals surface area (Å²) in [5.41, 5.74) is 2.80. The highest BCUT2D eigenvalue weighted by molar-refractivity contribution is 5.80. The third-order valence-electron chi connectivity index (χ3n) is 5.74. The lowest BCUT2D eigenvalue weighted by molar-refractivity contribution is -0.137. The van der Waals surface area contributed by atoms with Gasteiger partial charge in [0.25, 0.3) is 0 Å². The molecule has 5 rings (SSSR count). The minimum absolute atomic E-state index is 0.0997. The molecule has 1 N–H and O–H groups in total. The van der Waals surface area contributed by atoms with Gasteiger partial charge in [-0.3, -0.25) is 14.9 Å². The van der Waals surface area contributed by atoms with Crippen molar-refractivity contribution in [3.05, 3.63) is 60.2 Å². The van der Waals surface area contributed by atoms with Crippen LogP contribution in [0.3, 0.4) is 0 Å². The van der Waals surface area contributed by atoms with Crippen LogP contribution in [0, 0.1) is 11.7 Å².